The van der Waals surface area contributed by atoms with E-state index in [1.165, 1.54) is 0 Å². The molecule has 0 aromatic heterocycles. The lowest BCUT2D eigenvalue weighted by Gasteiger charge is -2.26. The summed E-state index contributed by atoms with van der Waals surface area (Å²) in [6.07, 6.45) is 0. The van der Waals surface area contributed by atoms with Crippen molar-refractivity contribution in [1.82, 2.24) is 0 Å². The molecule has 1 aromatic carbocycles. The summed E-state index contributed by atoms with van der Waals surface area (Å²) < 4.78 is 131. The topological polar surface area (TPSA) is 26.3 Å². The number of ether oxygens (including phenoxy) is 1. The second kappa shape index (κ2) is 4.75. The summed E-state index contributed by atoms with van der Waals surface area (Å²) in [4.78, 5) is 11.7. The Balaban J connectivity index is 4.53. The molecule has 18 heavy (non-hydrogen) atoms. The number of esters is 1. The Hall–Kier alpha value is -1.31. The minimum absolute atomic E-state index is 0.486. The second-order valence-electron chi connectivity index (χ2n) is 4.10. The fourth-order valence-electron chi connectivity index (χ4n) is 1.28. The molecule has 0 radical (unpaired) electrons. The zero-order valence-corrected chi connectivity index (χ0v) is 9.97. The highest BCUT2D eigenvalue weighted by Gasteiger charge is 2.23. The van der Waals surface area contributed by atoms with Gasteiger partial charge in [0.15, 0.2) is 0 Å². The summed E-state index contributed by atoms with van der Waals surface area (Å²) in [5, 5.41) is 0. The third-order valence-corrected chi connectivity index (χ3v) is 2.13. The summed E-state index contributed by atoms with van der Waals surface area (Å²) in [6, 6.07) is 0.189. The van der Waals surface area contributed by atoms with Crippen molar-refractivity contribution in [2.45, 2.75) is 58.9 Å². The van der Waals surface area contributed by atoms with E-state index in [0.717, 1.165) is 13.8 Å². The van der Waals surface area contributed by atoms with Crippen LogP contribution >= 0.6 is 0 Å². The van der Waals surface area contributed by atoms with Gasteiger partial charge in [-0.1, -0.05) is 53.3 Å². The van der Waals surface area contributed by atoms with E-state index in [-0.39, 0.29) is 0 Å². The molecule has 2 heteroatoms. The molecule has 0 spiro atoms. The van der Waals surface area contributed by atoms with Gasteiger partial charge in [0, 0.05) is 33.0 Å². The van der Waals surface area contributed by atoms with Crippen molar-refractivity contribution >= 4 is 5.97 Å². The molecule has 0 saturated heterocycles. The van der Waals surface area contributed by atoms with Crippen LogP contribution in [0.4, 0.5) is 0 Å². The van der Waals surface area contributed by atoms with Gasteiger partial charge in [0.05, 0.1) is 1.37 Å². The van der Waals surface area contributed by atoms with Gasteiger partial charge < -0.3 is 4.74 Å². The van der Waals surface area contributed by atoms with Gasteiger partial charge in [-0.2, -0.15) is 0 Å². The molecule has 0 aliphatic heterocycles. The number of carbonyl (C=O) groups excluding carboxylic acids is 1. The molecule has 0 heterocycles. The SMILES string of the molecule is [2H]c1cc(C(C)(C([2H])([2H])[2H])C([2H])([2H])[2H])cc(C(C([2H])([2H])[2H])(C([2H])([2H])[2H])C([2H])([2H])[2H])c1OC(C)=O. The van der Waals surface area contributed by atoms with Crippen LogP contribution in [0.1, 0.15) is 81.2 Å². The minimum Gasteiger partial charge on any atom is -0.426 e. The van der Waals surface area contributed by atoms with Crippen LogP contribution in [-0.2, 0) is 15.6 Å². The zero-order valence-electron chi connectivity index (χ0n) is 26.0. The largest absolute Gasteiger partial charge is 0.426 e. The maximum Gasteiger partial charge on any atom is 0.308 e. The molecule has 0 aliphatic rings. The summed E-state index contributed by atoms with van der Waals surface area (Å²) in [6.45, 7) is -16.5. The molecule has 0 bridgehead atoms. The van der Waals surface area contributed by atoms with E-state index in [0.29, 0.717) is 12.1 Å². The summed E-state index contributed by atoms with van der Waals surface area (Å²) in [5.74, 6) is -2.20. The quantitative estimate of drug-likeness (QED) is 0.561. The van der Waals surface area contributed by atoms with Crippen LogP contribution in [0.15, 0.2) is 18.2 Å². The van der Waals surface area contributed by atoms with Crippen LogP contribution in [0.25, 0.3) is 0 Å². The van der Waals surface area contributed by atoms with Crippen LogP contribution in [0.5, 0.6) is 5.75 Å². The van der Waals surface area contributed by atoms with E-state index in [2.05, 4.69) is 0 Å². The monoisotopic (exact) mass is 264 g/mol. The van der Waals surface area contributed by atoms with Gasteiger partial charge in [-0.3, -0.25) is 4.79 Å². The van der Waals surface area contributed by atoms with Crippen molar-refractivity contribution in [1.29, 1.82) is 0 Å². The van der Waals surface area contributed by atoms with E-state index in [1.807, 2.05) is 0 Å². The first-order valence-electron chi connectivity index (χ1n) is 13.0. The Morgan fingerprint density at radius 3 is 2.39 bits per heavy atom. The molecule has 2 nitrogen and oxygen atoms in total. The van der Waals surface area contributed by atoms with E-state index in [1.54, 1.807) is 0 Å². The molecular formula is C16H24O2. The van der Waals surface area contributed by atoms with Crippen molar-refractivity contribution in [3.63, 3.8) is 0 Å². The van der Waals surface area contributed by atoms with Gasteiger partial charge in [0.25, 0.3) is 0 Å². The molecule has 1 rings (SSSR count). The lowest BCUT2D eigenvalue weighted by atomic mass is 9.80. The van der Waals surface area contributed by atoms with Crippen LogP contribution < -0.4 is 4.74 Å². The predicted octanol–water partition coefficient (Wildman–Crippen LogP) is 4.21. The summed E-state index contributed by atoms with van der Waals surface area (Å²) >= 11 is 0. The van der Waals surface area contributed by atoms with Crippen molar-refractivity contribution in [2.24, 2.45) is 0 Å². The third-order valence-electron chi connectivity index (χ3n) is 2.13. The van der Waals surface area contributed by atoms with Crippen LogP contribution in [0.2, 0.25) is 0 Å². The molecule has 0 atom stereocenters. The van der Waals surface area contributed by atoms with Crippen LogP contribution in [0, 0.1) is 0 Å². The number of hydrogen-bond donors (Lipinski definition) is 0. The maximum absolute atomic E-state index is 11.7. The Morgan fingerprint density at radius 1 is 1.28 bits per heavy atom. The second-order valence-corrected chi connectivity index (χ2v) is 4.10. The Kier molecular flexibility index (Phi) is 1.02. The highest BCUT2D eigenvalue weighted by Crippen LogP contribution is 2.35. The molecule has 1 aromatic rings. The third kappa shape index (κ3) is 3.59. The lowest BCUT2D eigenvalue weighted by Crippen LogP contribution is -2.18. The number of carbonyl (C=O) groups is 1. The lowest BCUT2D eigenvalue weighted by molar-refractivity contribution is -0.131. The molecule has 100 valence electrons. The van der Waals surface area contributed by atoms with E-state index >= 15 is 0 Å². The maximum atomic E-state index is 11.7. The van der Waals surface area contributed by atoms with Crippen LogP contribution in [-0.4, -0.2) is 5.97 Å². The van der Waals surface area contributed by atoms with Gasteiger partial charge >= 0.3 is 5.97 Å². The van der Waals surface area contributed by atoms with Crippen molar-refractivity contribution < 1.29 is 31.5 Å². The summed E-state index contributed by atoms with van der Waals surface area (Å²) in [5.41, 5.74) is -8.53. The molecule has 0 fully saturated rings. The van der Waals surface area contributed by atoms with E-state index in [9.17, 15) is 4.79 Å². The Labute approximate surface area is 133 Å². The smallest absolute Gasteiger partial charge is 0.308 e. The number of rotatable bonds is 1. The minimum atomic E-state index is -3.85. The normalized spacial score (nSPS) is 29.0. The van der Waals surface area contributed by atoms with E-state index < -0.39 is 74.0 Å². The fraction of sp³-hybridized carbons (Fsp3) is 0.562. The fourth-order valence-corrected chi connectivity index (χ4v) is 1.28. The van der Waals surface area contributed by atoms with Crippen molar-refractivity contribution in [3.8, 4) is 5.75 Å². The van der Waals surface area contributed by atoms with Gasteiger partial charge in [-0.25, -0.2) is 0 Å². The van der Waals surface area contributed by atoms with E-state index in [4.69, 9.17) is 26.7 Å². The first kappa shape index (κ1) is 3.84. The highest BCUT2D eigenvalue weighted by atomic mass is 16.5. The highest BCUT2D eigenvalue weighted by molar-refractivity contribution is 5.70. The Morgan fingerprint density at radius 2 is 1.89 bits per heavy atom. The molecule has 0 amide bonds. The molecule has 0 saturated carbocycles. The standard InChI is InChI=1S/C16H24O2/c1-11(17)18-14-9-8-12(15(2,3)4)10-13(14)16(5,6)7/h8-10H,1-7H3/i2D3,3D3,5D3,6D3,7D3,9D. The average molecular weight is 264 g/mol. The average Bonchev–Trinajstić information content (AvgIpc) is 2.50. The summed E-state index contributed by atoms with van der Waals surface area (Å²) in [7, 11) is 0. The van der Waals surface area contributed by atoms with Gasteiger partial charge in [-0.05, 0) is 22.4 Å². The zero-order chi connectivity index (χ0) is 27.5. The van der Waals surface area contributed by atoms with Crippen molar-refractivity contribution in [2.75, 3.05) is 0 Å². The van der Waals surface area contributed by atoms with Crippen LogP contribution in [0.3, 0.4) is 0 Å². The Bertz CT molecular complexity index is 879. The first-order chi connectivity index (χ1) is 14.7. The molecule has 0 aliphatic carbocycles. The molecule has 0 N–H and O–H groups in total. The first-order valence-corrected chi connectivity index (χ1v) is 5.02. The van der Waals surface area contributed by atoms with Gasteiger partial charge in [0.1, 0.15) is 5.75 Å². The van der Waals surface area contributed by atoms with Gasteiger partial charge in [-0.15, -0.1) is 0 Å². The predicted molar refractivity (Wildman–Crippen MR) is 75.2 cm³/mol. The van der Waals surface area contributed by atoms with Gasteiger partial charge in [0.2, 0.25) is 0 Å². The molecular weight excluding hydrogens is 224 g/mol. The molecule has 0 unspecified atom stereocenters. The van der Waals surface area contributed by atoms with Crippen molar-refractivity contribution in [3.05, 3.63) is 29.3 Å². The number of benzene rings is 1. The number of hydrogen-bond acceptors (Lipinski definition) is 2.